The van der Waals surface area contributed by atoms with Gasteiger partial charge in [-0.1, -0.05) is 6.07 Å². The van der Waals surface area contributed by atoms with Crippen molar-refractivity contribution in [2.75, 3.05) is 6.26 Å². The van der Waals surface area contributed by atoms with Crippen LogP contribution in [-0.4, -0.2) is 25.0 Å². The molecule has 0 spiro atoms. The number of rotatable bonds is 3. The van der Waals surface area contributed by atoms with E-state index in [1.54, 1.807) is 12.6 Å². The maximum atomic E-state index is 11.3. The van der Waals surface area contributed by atoms with Crippen LogP contribution in [0.2, 0.25) is 0 Å². The minimum absolute atomic E-state index is 0.262. The molecule has 1 atom stereocenters. The lowest BCUT2D eigenvalue weighted by molar-refractivity contribution is 0.478. The van der Waals surface area contributed by atoms with Gasteiger partial charge in [-0.15, -0.1) is 0 Å². The summed E-state index contributed by atoms with van der Waals surface area (Å²) >= 11 is 3.31. The van der Waals surface area contributed by atoms with Crippen molar-refractivity contribution in [3.8, 4) is 0 Å². The van der Waals surface area contributed by atoms with Gasteiger partial charge in [0.15, 0.2) is 5.58 Å². The number of fused-ring (bicyclic) bond motifs is 1. The van der Waals surface area contributed by atoms with Gasteiger partial charge in [0.1, 0.15) is 20.9 Å². The number of benzene rings is 1. The maximum Gasteiger partial charge on any atom is 0.287 e. The average molecular weight is 340 g/mol. The van der Waals surface area contributed by atoms with Crippen molar-refractivity contribution in [1.82, 2.24) is 14.5 Å². The standard InChI is InChI=1S/C12H10BrN3O2S/c1-19(17)12-15-9-3-2-8(4-10(9)18-12)5-16-6-11(13)14-7-16/h2-4,6-7H,5H2,1H3. The predicted octanol–water partition coefficient (Wildman–Crippen LogP) is 2.57. The van der Waals surface area contributed by atoms with E-state index < -0.39 is 10.8 Å². The predicted molar refractivity (Wildman–Crippen MR) is 75.4 cm³/mol. The van der Waals surface area contributed by atoms with Gasteiger partial charge in [0, 0.05) is 19.0 Å². The van der Waals surface area contributed by atoms with E-state index in [-0.39, 0.29) is 5.22 Å². The maximum absolute atomic E-state index is 11.3. The third kappa shape index (κ3) is 2.62. The lowest BCUT2D eigenvalue weighted by Crippen LogP contribution is -1.95. The molecular formula is C12H10BrN3O2S. The van der Waals surface area contributed by atoms with E-state index in [2.05, 4.69) is 25.9 Å². The van der Waals surface area contributed by atoms with E-state index in [1.165, 1.54) is 0 Å². The highest BCUT2D eigenvalue weighted by Crippen LogP contribution is 2.19. The number of oxazole rings is 1. The molecule has 0 fully saturated rings. The Morgan fingerprint density at radius 3 is 3.00 bits per heavy atom. The van der Waals surface area contributed by atoms with Crippen molar-refractivity contribution in [2.24, 2.45) is 0 Å². The normalized spacial score (nSPS) is 12.9. The summed E-state index contributed by atoms with van der Waals surface area (Å²) in [5.41, 5.74) is 2.45. The largest absolute Gasteiger partial charge is 0.430 e. The van der Waals surface area contributed by atoms with Crippen molar-refractivity contribution in [3.63, 3.8) is 0 Å². The summed E-state index contributed by atoms with van der Waals surface area (Å²) in [6, 6.07) is 5.75. The Hall–Kier alpha value is -1.47. The highest BCUT2D eigenvalue weighted by molar-refractivity contribution is 9.10. The molecular weight excluding hydrogens is 330 g/mol. The molecule has 0 bridgehead atoms. The third-order valence-corrected chi connectivity index (χ3v) is 3.72. The number of nitrogens with zero attached hydrogens (tertiary/aromatic N) is 3. The molecule has 3 aromatic rings. The lowest BCUT2D eigenvalue weighted by Gasteiger charge is -2.01. The van der Waals surface area contributed by atoms with Crippen LogP contribution in [-0.2, 0) is 17.3 Å². The van der Waals surface area contributed by atoms with Gasteiger partial charge < -0.3 is 8.98 Å². The fraction of sp³-hybridized carbons (Fsp3) is 0.167. The van der Waals surface area contributed by atoms with Crippen LogP contribution >= 0.6 is 15.9 Å². The molecule has 0 saturated carbocycles. The first kappa shape index (κ1) is 12.6. The Kier molecular flexibility index (Phi) is 3.24. The van der Waals surface area contributed by atoms with E-state index >= 15 is 0 Å². The number of imidazole rings is 1. The molecule has 1 unspecified atom stereocenters. The molecule has 0 N–H and O–H groups in total. The summed E-state index contributed by atoms with van der Waals surface area (Å²) in [6.45, 7) is 0.694. The van der Waals surface area contributed by atoms with Crippen LogP contribution in [0.15, 0.2) is 45.0 Å². The molecule has 98 valence electrons. The van der Waals surface area contributed by atoms with Crippen LogP contribution in [0, 0.1) is 0 Å². The number of hydrogen-bond acceptors (Lipinski definition) is 4. The van der Waals surface area contributed by atoms with Crippen molar-refractivity contribution in [1.29, 1.82) is 0 Å². The van der Waals surface area contributed by atoms with E-state index in [1.807, 2.05) is 29.0 Å². The molecule has 0 aliphatic rings. The summed E-state index contributed by atoms with van der Waals surface area (Å²) in [7, 11) is -1.20. The molecule has 5 nitrogen and oxygen atoms in total. The highest BCUT2D eigenvalue weighted by Gasteiger charge is 2.09. The Morgan fingerprint density at radius 1 is 1.47 bits per heavy atom. The van der Waals surface area contributed by atoms with Gasteiger partial charge in [0.25, 0.3) is 5.22 Å². The van der Waals surface area contributed by atoms with Crippen LogP contribution in [0.4, 0.5) is 0 Å². The van der Waals surface area contributed by atoms with Gasteiger partial charge in [-0.2, -0.15) is 0 Å². The van der Waals surface area contributed by atoms with E-state index in [4.69, 9.17) is 4.42 Å². The summed E-state index contributed by atoms with van der Waals surface area (Å²) in [4.78, 5) is 8.28. The third-order valence-electron chi connectivity index (χ3n) is 2.65. The molecule has 0 aliphatic carbocycles. The Morgan fingerprint density at radius 2 is 2.32 bits per heavy atom. The van der Waals surface area contributed by atoms with E-state index in [9.17, 15) is 4.21 Å². The summed E-state index contributed by atoms with van der Waals surface area (Å²) < 4.78 is 19.6. The quantitative estimate of drug-likeness (QED) is 0.735. The number of hydrogen-bond donors (Lipinski definition) is 0. The topological polar surface area (TPSA) is 60.9 Å². The Labute approximate surface area is 120 Å². The first-order chi connectivity index (χ1) is 9.11. The smallest absolute Gasteiger partial charge is 0.287 e. The second-order valence-electron chi connectivity index (χ2n) is 4.10. The van der Waals surface area contributed by atoms with Gasteiger partial charge in [-0.3, -0.25) is 0 Å². The first-order valence-corrected chi connectivity index (χ1v) is 7.87. The summed E-state index contributed by atoms with van der Waals surface area (Å²) in [6.07, 6.45) is 5.20. The molecule has 1 aromatic carbocycles. The van der Waals surface area contributed by atoms with Crippen LogP contribution < -0.4 is 0 Å². The zero-order chi connectivity index (χ0) is 13.4. The second-order valence-corrected chi connectivity index (χ2v) is 6.17. The molecule has 0 radical (unpaired) electrons. The zero-order valence-electron chi connectivity index (χ0n) is 10.0. The molecule has 0 aliphatic heterocycles. The fourth-order valence-corrected chi connectivity index (χ4v) is 2.59. The monoisotopic (exact) mass is 339 g/mol. The minimum Gasteiger partial charge on any atom is -0.430 e. The van der Waals surface area contributed by atoms with E-state index in [0.29, 0.717) is 12.1 Å². The van der Waals surface area contributed by atoms with Crippen LogP contribution in [0.3, 0.4) is 0 Å². The molecule has 7 heteroatoms. The second kappa shape index (κ2) is 4.90. The first-order valence-electron chi connectivity index (χ1n) is 5.52. The van der Waals surface area contributed by atoms with Gasteiger partial charge in [0.2, 0.25) is 0 Å². The minimum atomic E-state index is -1.20. The van der Waals surface area contributed by atoms with Gasteiger partial charge >= 0.3 is 0 Å². The van der Waals surface area contributed by atoms with Crippen LogP contribution in [0.25, 0.3) is 11.1 Å². The molecule has 2 aromatic heterocycles. The molecule has 3 rings (SSSR count). The molecule has 19 heavy (non-hydrogen) atoms. The average Bonchev–Trinajstić information content (AvgIpc) is 2.95. The molecule has 0 amide bonds. The van der Waals surface area contributed by atoms with Gasteiger partial charge in [-0.05, 0) is 33.6 Å². The molecule has 2 heterocycles. The van der Waals surface area contributed by atoms with Crippen molar-refractivity contribution < 1.29 is 8.63 Å². The van der Waals surface area contributed by atoms with Crippen molar-refractivity contribution >= 4 is 37.8 Å². The van der Waals surface area contributed by atoms with Crippen LogP contribution in [0.5, 0.6) is 0 Å². The Balaban J connectivity index is 1.94. The molecule has 0 saturated heterocycles. The van der Waals surface area contributed by atoms with Gasteiger partial charge in [-0.25, -0.2) is 14.2 Å². The van der Waals surface area contributed by atoms with E-state index in [0.717, 1.165) is 15.7 Å². The zero-order valence-corrected chi connectivity index (χ0v) is 12.4. The van der Waals surface area contributed by atoms with Crippen LogP contribution in [0.1, 0.15) is 5.56 Å². The number of halogens is 1. The van der Waals surface area contributed by atoms with Crippen molar-refractivity contribution in [2.45, 2.75) is 11.8 Å². The number of aromatic nitrogens is 3. The fourth-order valence-electron chi connectivity index (χ4n) is 1.80. The summed E-state index contributed by atoms with van der Waals surface area (Å²) in [5, 5.41) is 0.262. The summed E-state index contributed by atoms with van der Waals surface area (Å²) in [5.74, 6) is 0. The van der Waals surface area contributed by atoms with Gasteiger partial charge in [0.05, 0.1) is 6.33 Å². The SMILES string of the molecule is CS(=O)c1nc2ccc(Cn3cnc(Br)c3)cc2o1. The van der Waals surface area contributed by atoms with Crippen molar-refractivity contribution in [3.05, 3.63) is 40.9 Å². The lowest BCUT2D eigenvalue weighted by atomic mass is 10.2. The highest BCUT2D eigenvalue weighted by atomic mass is 79.9. The Bertz CT molecular complexity index is 765.